The highest BCUT2D eigenvalue weighted by Gasteiger charge is 2.29. The number of hydrogen-bond acceptors (Lipinski definition) is 3. The van der Waals surface area contributed by atoms with Crippen molar-refractivity contribution in [1.82, 2.24) is 0 Å². The van der Waals surface area contributed by atoms with Gasteiger partial charge in [0.2, 0.25) is 0 Å². The molecule has 3 heteroatoms. The highest BCUT2D eigenvalue weighted by atomic mass is 16.6. The number of cyclic esters (lactones) is 1. The third-order valence-electron chi connectivity index (χ3n) is 2.71. The summed E-state index contributed by atoms with van der Waals surface area (Å²) in [6.45, 7) is 1.95. The second-order valence-electron chi connectivity index (χ2n) is 4.01. The SMILES string of the molecule is O=C1OC[C@H]1CCCOCc1ccccc1. The minimum atomic E-state index is -0.0527. The van der Waals surface area contributed by atoms with Crippen molar-refractivity contribution in [3.8, 4) is 0 Å². The van der Waals surface area contributed by atoms with Crippen molar-refractivity contribution >= 4 is 5.97 Å². The van der Waals surface area contributed by atoms with Gasteiger partial charge < -0.3 is 9.47 Å². The molecule has 16 heavy (non-hydrogen) atoms. The highest BCUT2D eigenvalue weighted by molar-refractivity contribution is 5.77. The average molecular weight is 220 g/mol. The van der Waals surface area contributed by atoms with Gasteiger partial charge in [-0.05, 0) is 18.4 Å². The summed E-state index contributed by atoms with van der Waals surface area (Å²) in [6.07, 6.45) is 1.81. The Labute approximate surface area is 95.4 Å². The molecule has 2 rings (SSSR count). The monoisotopic (exact) mass is 220 g/mol. The van der Waals surface area contributed by atoms with Crippen molar-refractivity contribution in [2.24, 2.45) is 5.92 Å². The summed E-state index contributed by atoms with van der Waals surface area (Å²) in [5.41, 5.74) is 1.19. The first-order valence-electron chi connectivity index (χ1n) is 5.64. The molecule has 1 aliphatic rings. The quantitative estimate of drug-likeness (QED) is 0.544. The van der Waals surface area contributed by atoms with E-state index >= 15 is 0 Å². The van der Waals surface area contributed by atoms with E-state index in [1.165, 1.54) is 5.56 Å². The minimum Gasteiger partial charge on any atom is -0.464 e. The predicted octanol–water partition coefficient (Wildman–Crippen LogP) is 2.16. The molecule has 86 valence electrons. The molecule has 0 N–H and O–H groups in total. The lowest BCUT2D eigenvalue weighted by molar-refractivity contribution is -0.169. The van der Waals surface area contributed by atoms with E-state index in [1.807, 2.05) is 30.3 Å². The largest absolute Gasteiger partial charge is 0.464 e. The standard InChI is InChI=1S/C13H16O3/c14-13-12(10-16-13)7-4-8-15-9-11-5-2-1-3-6-11/h1-3,5-6,12H,4,7-10H2/t12-/m1/s1. The predicted molar refractivity (Wildman–Crippen MR) is 59.8 cm³/mol. The van der Waals surface area contributed by atoms with Gasteiger partial charge in [-0.15, -0.1) is 0 Å². The van der Waals surface area contributed by atoms with Crippen LogP contribution >= 0.6 is 0 Å². The lowest BCUT2D eigenvalue weighted by Crippen LogP contribution is -2.34. The molecule has 1 atom stereocenters. The summed E-state index contributed by atoms with van der Waals surface area (Å²) in [7, 11) is 0. The molecule has 1 aromatic carbocycles. The molecule has 0 aromatic heterocycles. The topological polar surface area (TPSA) is 35.5 Å². The molecule has 1 aromatic rings. The molecule has 0 bridgehead atoms. The van der Waals surface area contributed by atoms with Crippen LogP contribution in [0, 0.1) is 5.92 Å². The van der Waals surface area contributed by atoms with E-state index in [2.05, 4.69) is 4.74 Å². The van der Waals surface area contributed by atoms with Crippen LogP contribution in [0.25, 0.3) is 0 Å². The number of hydrogen-bond donors (Lipinski definition) is 0. The Hall–Kier alpha value is -1.35. The van der Waals surface area contributed by atoms with Crippen molar-refractivity contribution in [3.05, 3.63) is 35.9 Å². The van der Waals surface area contributed by atoms with Crippen LogP contribution in [-0.2, 0) is 20.9 Å². The Morgan fingerprint density at radius 2 is 2.12 bits per heavy atom. The number of benzene rings is 1. The first-order chi connectivity index (χ1) is 7.86. The maximum atomic E-state index is 10.9. The van der Waals surface area contributed by atoms with E-state index in [4.69, 9.17) is 4.74 Å². The number of rotatable bonds is 6. The number of carbonyl (C=O) groups excluding carboxylic acids is 1. The van der Waals surface area contributed by atoms with Crippen LogP contribution in [0.15, 0.2) is 30.3 Å². The minimum absolute atomic E-state index is 0.0527. The van der Waals surface area contributed by atoms with Crippen molar-refractivity contribution < 1.29 is 14.3 Å². The van der Waals surface area contributed by atoms with Gasteiger partial charge in [0.15, 0.2) is 0 Å². The normalized spacial score (nSPS) is 19.0. The van der Waals surface area contributed by atoms with Crippen LogP contribution in [0.3, 0.4) is 0 Å². The Morgan fingerprint density at radius 3 is 2.75 bits per heavy atom. The Balaban J connectivity index is 1.54. The molecular weight excluding hydrogens is 204 g/mol. The van der Waals surface area contributed by atoms with Gasteiger partial charge in [0.25, 0.3) is 0 Å². The van der Waals surface area contributed by atoms with E-state index in [9.17, 15) is 4.79 Å². The molecule has 0 aliphatic carbocycles. The van der Waals surface area contributed by atoms with Crippen LogP contribution in [-0.4, -0.2) is 19.2 Å². The Bertz CT molecular complexity index is 334. The summed E-state index contributed by atoms with van der Waals surface area (Å²) in [4.78, 5) is 10.9. The van der Waals surface area contributed by atoms with E-state index in [0.717, 1.165) is 12.8 Å². The molecule has 0 spiro atoms. The second-order valence-corrected chi connectivity index (χ2v) is 4.01. The van der Waals surface area contributed by atoms with Crippen LogP contribution in [0.4, 0.5) is 0 Å². The first kappa shape index (κ1) is 11.1. The first-order valence-corrected chi connectivity index (χ1v) is 5.64. The van der Waals surface area contributed by atoms with Crippen LogP contribution < -0.4 is 0 Å². The van der Waals surface area contributed by atoms with E-state index < -0.39 is 0 Å². The third kappa shape index (κ3) is 3.07. The number of esters is 1. The zero-order valence-corrected chi connectivity index (χ0v) is 9.22. The van der Waals surface area contributed by atoms with Crippen molar-refractivity contribution in [1.29, 1.82) is 0 Å². The molecule has 1 saturated heterocycles. The Morgan fingerprint density at radius 1 is 1.31 bits per heavy atom. The van der Waals surface area contributed by atoms with Gasteiger partial charge >= 0.3 is 5.97 Å². The molecule has 0 unspecified atom stereocenters. The van der Waals surface area contributed by atoms with Gasteiger partial charge in [0.05, 0.1) is 12.5 Å². The zero-order valence-electron chi connectivity index (χ0n) is 9.22. The molecule has 3 nitrogen and oxygen atoms in total. The molecule has 0 amide bonds. The number of carbonyl (C=O) groups is 1. The van der Waals surface area contributed by atoms with Gasteiger partial charge in [-0.2, -0.15) is 0 Å². The lowest BCUT2D eigenvalue weighted by atomic mass is 10.0. The average Bonchev–Trinajstić information content (AvgIpc) is 2.33. The van der Waals surface area contributed by atoms with Crippen LogP contribution in [0.5, 0.6) is 0 Å². The third-order valence-corrected chi connectivity index (χ3v) is 2.71. The van der Waals surface area contributed by atoms with Gasteiger partial charge in [0, 0.05) is 6.61 Å². The molecule has 1 fully saturated rings. The van der Waals surface area contributed by atoms with Crippen LogP contribution in [0.2, 0.25) is 0 Å². The van der Waals surface area contributed by atoms with Gasteiger partial charge in [-0.25, -0.2) is 0 Å². The lowest BCUT2D eigenvalue weighted by Gasteiger charge is -2.23. The summed E-state index contributed by atoms with van der Waals surface area (Å²) in [5, 5.41) is 0. The smallest absolute Gasteiger partial charge is 0.312 e. The van der Waals surface area contributed by atoms with Crippen molar-refractivity contribution in [2.75, 3.05) is 13.2 Å². The fourth-order valence-corrected chi connectivity index (χ4v) is 1.67. The maximum Gasteiger partial charge on any atom is 0.312 e. The van der Waals surface area contributed by atoms with Crippen LogP contribution in [0.1, 0.15) is 18.4 Å². The highest BCUT2D eigenvalue weighted by Crippen LogP contribution is 2.18. The second kappa shape index (κ2) is 5.66. The van der Waals surface area contributed by atoms with Gasteiger partial charge in [-0.3, -0.25) is 4.79 Å². The fourth-order valence-electron chi connectivity index (χ4n) is 1.67. The fraction of sp³-hybridized carbons (Fsp3) is 0.462. The van der Waals surface area contributed by atoms with Crippen molar-refractivity contribution in [2.45, 2.75) is 19.4 Å². The van der Waals surface area contributed by atoms with E-state index in [1.54, 1.807) is 0 Å². The summed E-state index contributed by atoms with van der Waals surface area (Å²) >= 11 is 0. The molecular formula is C13H16O3. The van der Waals surface area contributed by atoms with Gasteiger partial charge in [0.1, 0.15) is 6.61 Å². The molecule has 0 saturated carbocycles. The van der Waals surface area contributed by atoms with E-state index in [-0.39, 0.29) is 11.9 Å². The molecule has 1 heterocycles. The van der Waals surface area contributed by atoms with Gasteiger partial charge in [-0.1, -0.05) is 30.3 Å². The summed E-state index contributed by atoms with van der Waals surface area (Å²) < 4.78 is 10.2. The maximum absolute atomic E-state index is 10.9. The molecule has 0 radical (unpaired) electrons. The Kier molecular flexibility index (Phi) is 3.94. The number of ether oxygens (including phenoxy) is 2. The summed E-state index contributed by atoms with van der Waals surface area (Å²) in [5.74, 6) is 0.0726. The zero-order chi connectivity index (χ0) is 11.2. The summed E-state index contributed by atoms with van der Waals surface area (Å²) in [6, 6.07) is 10.1. The van der Waals surface area contributed by atoms with Crippen molar-refractivity contribution in [3.63, 3.8) is 0 Å². The van der Waals surface area contributed by atoms with E-state index in [0.29, 0.717) is 19.8 Å². The molecule has 1 aliphatic heterocycles.